The van der Waals surface area contributed by atoms with Crippen LogP contribution in [0.1, 0.15) is 39.5 Å². The first-order chi connectivity index (χ1) is 8.63. The van der Waals surface area contributed by atoms with Crippen molar-refractivity contribution in [2.75, 3.05) is 32.9 Å². The first-order valence-electron chi connectivity index (χ1n) is 7.33. The Balaban J connectivity index is 1.84. The third-order valence-electron chi connectivity index (χ3n) is 4.11. The summed E-state index contributed by atoms with van der Waals surface area (Å²) in [6.07, 6.45) is 4.65. The third kappa shape index (κ3) is 4.19. The number of aliphatic hydroxyl groups is 1. The van der Waals surface area contributed by atoms with E-state index in [0.717, 1.165) is 39.1 Å². The van der Waals surface area contributed by atoms with E-state index in [1.807, 2.05) is 0 Å². The molecule has 18 heavy (non-hydrogen) atoms. The van der Waals surface area contributed by atoms with Gasteiger partial charge in [0.2, 0.25) is 0 Å². The Labute approximate surface area is 111 Å². The van der Waals surface area contributed by atoms with Gasteiger partial charge in [-0.2, -0.15) is 0 Å². The van der Waals surface area contributed by atoms with E-state index >= 15 is 0 Å². The first kappa shape index (κ1) is 14.3. The first-order valence-corrected chi connectivity index (χ1v) is 7.33. The third-order valence-corrected chi connectivity index (χ3v) is 4.11. The van der Waals surface area contributed by atoms with Crippen LogP contribution in [-0.4, -0.2) is 60.5 Å². The maximum atomic E-state index is 9.66. The zero-order valence-electron chi connectivity index (χ0n) is 11.8. The summed E-state index contributed by atoms with van der Waals surface area (Å²) in [6, 6.07) is 1.14. The molecule has 0 bridgehead atoms. The van der Waals surface area contributed by atoms with Crippen molar-refractivity contribution < 1.29 is 9.84 Å². The van der Waals surface area contributed by atoms with Gasteiger partial charge < -0.3 is 15.2 Å². The zero-order valence-corrected chi connectivity index (χ0v) is 11.8. The van der Waals surface area contributed by atoms with Crippen LogP contribution in [0.4, 0.5) is 0 Å². The molecule has 2 unspecified atom stereocenters. The molecule has 4 nitrogen and oxygen atoms in total. The van der Waals surface area contributed by atoms with Crippen molar-refractivity contribution in [2.45, 2.75) is 57.2 Å². The summed E-state index contributed by atoms with van der Waals surface area (Å²) >= 11 is 0. The van der Waals surface area contributed by atoms with Crippen molar-refractivity contribution >= 4 is 0 Å². The van der Waals surface area contributed by atoms with Gasteiger partial charge in [0.15, 0.2) is 0 Å². The Kier molecular flexibility index (Phi) is 5.01. The van der Waals surface area contributed by atoms with Gasteiger partial charge >= 0.3 is 0 Å². The molecule has 2 N–H and O–H groups in total. The lowest BCUT2D eigenvalue weighted by Gasteiger charge is -2.36. The van der Waals surface area contributed by atoms with Crippen LogP contribution in [0.15, 0.2) is 0 Å². The van der Waals surface area contributed by atoms with E-state index < -0.39 is 0 Å². The fraction of sp³-hybridized carbons (Fsp3) is 1.00. The van der Waals surface area contributed by atoms with E-state index in [2.05, 4.69) is 24.1 Å². The molecule has 1 aliphatic heterocycles. The van der Waals surface area contributed by atoms with Crippen LogP contribution in [0.25, 0.3) is 0 Å². The number of nitrogens with zero attached hydrogens (tertiary/aromatic N) is 1. The molecule has 1 saturated heterocycles. The van der Waals surface area contributed by atoms with Crippen LogP contribution in [0.3, 0.4) is 0 Å². The van der Waals surface area contributed by atoms with Crippen molar-refractivity contribution in [1.82, 2.24) is 10.2 Å². The van der Waals surface area contributed by atoms with Crippen molar-refractivity contribution in [3.05, 3.63) is 0 Å². The van der Waals surface area contributed by atoms with E-state index in [1.54, 1.807) is 0 Å². The number of hydrogen-bond acceptors (Lipinski definition) is 4. The Bertz CT molecular complexity index is 250. The molecule has 0 aromatic carbocycles. The molecule has 0 aromatic heterocycles. The van der Waals surface area contributed by atoms with Gasteiger partial charge in [0.25, 0.3) is 0 Å². The van der Waals surface area contributed by atoms with Crippen molar-refractivity contribution in [2.24, 2.45) is 0 Å². The lowest BCUT2D eigenvalue weighted by molar-refractivity contribution is 0.103. The molecule has 2 atom stereocenters. The molecule has 0 amide bonds. The van der Waals surface area contributed by atoms with Crippen LogP contribution in [0.5, 0.6) is 0 Å². The fourth-order valence-electron chi connectivity index (χ4n) is 2.88. The van der Waals surface area contributed by atoms with Gasteiger partial charge in [-0.05, 0) is 39.5 Å². The fourth-order valence-corrected chi connectivity index (χ4v) is 2.88. The number of aliphatic hydroxyl groups excluding tert-OH is 1. The number of nitrogens with one attached hydrogen (secondary N) is 1. The van der Waals surface area contributed by atoms with Gasteiger partial charge in [-0.1, -0.05) is 0 Å². The highest BCUT2D eigenvalue weighted by Crippen LogP contribution is 2.25. The van der Waals surface area contributed by atoms with Gasteiger partial charge in [0.05, 0.1) is 13.2 Å². The van der Waals surface area contributed by atoms with E-state index in [4.69, 9.17) is 4.74 Å². The largest absolute Gasteiger partial charge is 0.394 e. The van der Waals surface area contributed by atoms with Crippen molar-refractivity contribution in [1.29, 1.82) is 0 Å². The molecule has 106 valence electrons. The van der Waals surface area contributed by atoms with Gasteiger partial charge in [0.1, 0.15) is 0 Å². The Morgan fingerprint density at radius 1 is 1.39 bits per heavy atom. The van der Waals surface area contributed by atoms with Crippen LogP contribution in [-0.2, 0) is 4.74 Å². The number of hydrogen-bond donors (Lipinski definition) is 2. The minimum absolute atomic E-state index is 0.131. The summed E-state index contributed by atoms with van der Waals surface area (Å²) in [6.45, 7) is 8.51. The summed E-state index contributed by atoms with van der Waals surface area (Å²) in [4.78, 5) is 2.50. The average molecular weight is 256 g/mol. The minimum Gasteiger partial charge on any atom is -0.394 e. The number of rotatable bonds is 6. The highest BCUT2D eigenvalue weighted by Gasteiger charge is 2.34. The molecule has 1 aliphatic carbocycles. The lowest BCUT2D eigenvalue weighted by Crippen LogP contribution is -2.51. The molecule has 1 saturated carbocycles. The smallest absolute Gasteiger partial charge is 0.0611 e. The van der Waals surface area contributed by atoms with Crippen LogP contribution in [0, 0.1) is 0 Å². The molecule has 2 aliphatic rings. The normalized spacial score (nSPS) is 27.5. The van der Waals surface area contributed by atoms with Gasteiger partial charge in [-0.15, -0.1) is 0 Å². The van der Waals surface area contributed by atoms with Crippen LogP contribution >= 0.6 is 0 Å². The summed E-state index contributed by atoms with van der Waals surface area (Å²) in [5.74, 6) is 0. The topological polar surface area (TPSA) is 44.7 Å². The molecule has 0 aromatic rings. The molecular formula is C14H28N2O2. The summed E-state index contributed by atoms with van der Waals surface area (Å²) in [5, 5.41) is 13.3. The predicted molar refractivity (Wildman–Crippen MR) is 72.7 cm³/mol. The predicted octanol–water partition coefficient (Wildman–Crippen LogP) is 0.990. The molecule has 2 rings (SSSR count). The van der Waals surface area contributed by atoms with E-state index in [0.29, 0.717) is 12.1 Å². The highest BCUT2D eigenvalue weighted by atomic mass is 16.5. The number of ether oxygens (including phenoxy) is 1. The SMILES string of the molecule is CC(CC(C)(CO)NC1CC1)N1CCCOCC1. The van der Waals surface area contributed by atoms with Gasteiger partial charge in [-0.3, -0.25) is 4.90 Å². The summed E-state index contributed by atoms with van der Waals surface area (Å²) in [7, 11) is 0. The Morgan fingerprint density at radius 3 is 2.83 bits per heavy atom. The second kappa shape index (κ2) is 6.33. The lowest BCUT2D eigenvalue weighted by atomic mass is 9.93. The van der Waals surface area contributed by atoms with Crippen LogP contribution < -0.4 is 5.32 Å². The Hall–Kier alpha value is -0.160. The van der Waals surface area contributed by atoms with Crippen LogP contribution in [0.2, 0.25) is 0 Å². The molecule has 2 fully saturated rings. The molecule has 0 spiro atoms. The molecule has 4 heteroatoms. The van der Waals surface area contributed by atoms with Gasteiger partial charge in [0, 0.05) is 37.3 Å². The average Bonchev–Trinajstić information content (AvgIpc) is 3.14. The second-order valence-corrected chi connectivity index (χ2v) is 6.19. The summed E-state index contributed by atoms with van der Waals surface area (Å²) < 4.78 is 5.50. The standard InChI is InChI=1S/C14H28N2O2/c1-12(16-6-3-8-18-9-7-16)10-14(2,11-17)15-13-4-5-13/h12-13,15,17H,3-11H2,1-2H3. The van der Waals surface area contributed by atoms with Gasteiger partial charge in [-0.25, -0.2) is 0 Å². The Morgan fingerprint density at radius 2 is 2.17 bits per heavy atom. The van der Waals surface area contributed by atoms with E-state index in [-0.39, 0.29) is 12.1 Å². The second-order valence-electron chi connectivity index (χ2n) is 6.19. The zero-order chi connectivity index (χ0) is 13.0. The van der Waals surface area contributed by atoms with E-state index in [1.165, 1.54) is 12.8 Å². The van der Waals surface area contributed by atoms with E-state index in [9.17, 15) is 5.11 Å². The molecular weight excluding hydrogens is 228 g/mol. The molecule has 1 heterocycles. The summed E-state index contributed by atoms with van der Waals surface area (Å²) in [5.41, 5.74) is -0.131. The maximum Gasteiger partial charge on any atom is 0.0611 e. The quantitative estimate of drug-likeness (QED) is 0.744. The minimum atomic E-state index is -0.131. The highest BCUT2D eigenvalue weighted by molar-refractivity contribution is 4.94. The monoisotopic (exact) mass is 256 g/mol. The maximum absolute atomic E-state index is 9.66. The van der Waals surface area contributed by atoms with Crippen molar-refractivity contribution in [3.63, 3.8) is 0 Å². The van der Waals surface area contributed by atoms with Crippen molar-refractivity contribution in [3.8, 4) is 0 Å². The molecule has 0 radical (unpaired) electrons.